The maximum Gasteiger partial charge on any atom is 0 e. The normalized spacial score (nSPS) is 20.5. The molecule has 1 aliphatic rings. The molecule has 16 heteroatoms. The van der Waals surface area contributed by atoms with E-state index in [-0.39, 0.29) is 69.6 Å². The zero-order valence-electron chi connectivity index (χ0n) is 13.7. The quantitative estimate of drug-likeness (QED) is 0.112. The third-order valence-electron chi connectivity index (χ3n) is 2.98. The van der Waals surface area contributed by atoms with Crippen molar-refractivity contribution in [3.63, 3.8) is 0 Å². The fourth-order valence-electron chi connectivity index (χ4n) is 1.49. The molecule has 0 radical (unpaired) electrons. The smallest absolute Gasteiger partial charge is 0 e. The third kappa shape index (κ3) is 10.3. The van der Waals surface area contributed by atoms with Crippen LogP contribution >= 0.6 is 12.4 Å². The Labute approximate surface area is 207 Å². The number of hydrogen-bond acceptors (Lipinski definition) is 12. The number of aliphatic hydroxyl groups excluding tert-OH is 9. The van der Waals surface area contributed by atoms with Crippen molar-refractivity contribution in [1.82, 2.24) is 0 Å². The first-order valence-electron chi connectivity index (χ1n) is 6.67. The Bertz CT molecular complexity index is 508. The predicted molar refractivity (Wildman–Crippen MR) is 89.8 cm³/mol. The van der Waals surface area contributed by atoms with Crippen LogP contribution in [0.4, 0.5) is 0 Å². The standard InChI is InChI=1S/C6H12O7.C6H8O6.Ca.ClH.Zn.2H/c7-1-2(8)3(9)4(10)5(11)6(12)13;7-1-2(8)5-3(9)4(10)6(11)12-5;;;;;/h2-5,7-11H,1H2,(H,12,13);2,5,7-10H,1H2;;1H;;;/t;2?,5-;;;;;/m.1...../s1. The topological polar surface area (TPSA) is 246 Å². The third-order valence-corrected chi connectivity index (χ3v) is 2.98. The molecule has 1 aliphatic heterocycles. The first-order chi connectivity index (χ1) is 11.5. The van der Waals surface area contributed by atoms with E-state index in [9.17, 15) is 9.59 Å². The van der Waals surface area contributed by atoms with Gasteiger partial charge in [-0.05, 0) is 0 Å². The van der Waals surface area contributed by atoms with Crippen molar-refractivity contribution < 1.29 is 84.9 Å². The summed E-state index contributed by atoms with van der Waals surface area (Å²) in [6.07, 6.45) is -10.6. The number of carboxylic acid groups (broad SMARTS) is 1. The number of rotatable bonds is 7. The molecule has 0 amide bonds. The van der Waals surface area contributed by atoms with Gasteiger partial charge in [0.05, 0.1) is 13.2 Å². The van der Waals surface area contributed by atoms with E-state index in [0.717, 1.165) is 0 Å². The van der Waals surface area contributed by atoms with Gasteiger partial charge in [0.15, 0.2) is 18.0 Å². The number of esters is 1. The van der Waals surface area contributed by atoms with Crippen LogP contribution < -0.4 is 0 Å². The van der Waals surface area contributed by atoms with Crippen LogP contribution in [-0.2, 0) is 33.8 Å². The van der Waals surface area contributed by atoms with E-state index >= 15 is 0 Å². The van der Waals surface area contributed by atoms with Crippen molar-refractivity contribution >= 4 is 62.1 Å². The molecule has 0 saturated carbocycles. The zero-order chi connectivity index (χ0) is 19.9. The summed E-state index contributed by atoms with van der Waals surface area (Å²) in [7, 11) is 0. The number of carbonyl (C=O) groups is 2. The molecule has 0 bridgehead atoms. The summed E-state index contributed by atoms with van der Waals surface area (Å²) in [5.74, 6) is -4.50. The summed E-state index contributed by atoms with van der Waals surface area (Å²) in [5, 5.41) is 86.9. The van der Waals surface area contributed by atoms with Gasteiger partial charge >= 0.3 is 49.7 Å². The first kappa shape index (κ1) is 35.6. The van der Waals surface area contributed by atoms with Gasteiger partial charge in [-0.3, -0.25) is 0 Å². The second-order valence-electron chi connectivity index (χ2n) is 4.82. The molecule has 0 fully saturated rings. The van der Waals surface area contributed by atoms with E-state index in [2.05, 4.69) is 4.74 Å². The largest absolute Gasteiger partial charge is 0 e. The van der Waals surface area contributed by atoms with E-state index in [0.29, 0.717) is 0 Å². The minimum atomic E-state index is -2.20. The Hall–Kier alpha value is 0.173. The number of halogens is 1. The number of cyclic esters (lactones) is 1. The Balaban J connectivity index is -0.000000186. The van der Waals surface area contributed by atoms with Gasteiger partial charge in [-0.1, -0.05) is 0 Å². The number of carboxylic acids is 1. The molecule has 0 aliphatic carbocycles. The molecular formula is C12H23CaClO13Zn. The minimum absolute atomic E-state index is 0. The Morgan fingerprint density at radius 1 is 1.00 bits per heavy atom. The van der Waals surface area contributed by atoms with E-state index < -0.39 is 73.3 Å². The molecular weight excluding hydrogens is 493 g/mol. The molecule has 5 unspecified atom stereocenters. The predicted octanol–water partition coefficient (Wildman–Crippen LogP) is -5.40. The average Bonchev–Trinajstić information content (AvgIpc) is 2.86. The molecule has 0 spiro atoms. The van der Waals surface area contributed by atoms with E-state index in [1.165, 1.54) is 0 Å². The van der Waals surface area contributed by atoms with Gasteiger partial charge in [-0.2, -0.15) is 0 Å². The van der Waals surface area contributed by atoms with Crippen LogP contribution in [0.25, 0.3) is 0 Å². The van der Waals surface area contributed by atoms with Gasteiger partial charge in [-0.15, -0.1) is 12.4 Å². The number of hydrogen-bond donors (Lipinski definition) is 10. The number of aliphatic hydroxyl groups is 9. The van der Waals surface area contributed by atoms with Crippen molar-refractivity contribution in [2.75, 3.05) is 13.2 Å². The van der Waals surface area contributed by atoms with Crippen molar-refractivity contribution in [3.05, 3.63) is 11.5 Å². The second-order valence-corrected chi connectivity index (χ2v) is 4.82. The van der Waals surface area contributed by atoms with E-state index in [4.69, 9.17) is 51.1 Å². The van der Waals surface area contributed by atoms with Crippen LogP contribution in [-0.4, -0.2) is 151 Å². The molecule has 10 N–H and O–H groups in total. The second kappa shape index (κ2) is 16.9. The van der Waals surface area contributed by atoms with Crippen LogP contribution in [0.2, 0.25) is 0 Å². The van der Waals surface area contributed by atoms with Crippen LogP contribution in [0.5, 0.6) is 0 Å². The van der Waals surface area contributed by atoms with Gasteiger partial charge in [0.25, 0.3) is 0 Å². The molecule has 0 aromatic heterocycles. The maximum atomic E-state index is 10.5. The molecule has 13 nitrogen and oxygen atoms in total. The molecule has 1 heterocycles. The average molecular weight is 516 g/mol. The first-order valence-corrected chi connectivity index (χ1v) is 6.67. The van der Waals surface area contributed by atoms with Crippen molar-refractivity contribution in [3.8, 4) is 0 Å². The van der Waals surface area contributed by atoms with Crippen LogP contribution in [0.15, 0.2) is 11.5 Å². The Morgan fingerprint density at radius 2 is 1.46 bits per heavy atom. The van der Waals surface area contributed by atoms with Gasteiger partial charge in [0.2, 0.25) is 5.76 Å². The van der Waals surface area contributed by atoms with Crippen LogP contribution in [0, 0.1) is 0 Å². The van der Waals surface area contributed by atoms with Crippen LogP contribution in [0.3, 0.4) is 0 Å². The van der Waals surface area contributed by atoms with E-state index in [1.807, 2.05) is 0 Å². The van der Waals surface area contributed by atoms with E-state index in [1.54, 1.807) is 0 Å². The summed E-state index contributed by atoms with van der Waals surface area (Å²) in [6, 6.07) is 0. The van der Waals surface area contributed by atoms with Crippen molar-refractivity contribution in [2.45, 2.75) is 36.6 Å². The Kier molecular flexibility index (Phi) is 21.5. The fraction of sp³-hybridized carbons (Fsp3) is 0.667. The van der Waals surface area contributed by atoms with Gasteiger partial charge in [-0.25, -0.2) is 9.59 Å². The summed E-state index contributed by atoms with van der Waals surface area (Å²) < 4.78 is 4.32. The molecule has 1 rings (SSSR count). The SMILES string of the molecule is Cl.O=C(O)C(O)C(O)C(O)C(O)CO.O=C1O[C@H](C(O)CO)C(O)=C1O.[CaH2].[Zn]. The fourth-order valence-corrected chi connectivity index (χ4v) is 1.49. The van der Waals surface area contributed by atoms with Crippen LogP contribution in [0.1, 0.15) is 0 Å². The summed E-state index contributed by atoms with van der Waals surface area (Å²) in [5.41, 5.74) is 0. The van der Waals surface area contributed by atoms with Gasteiger partial charge in [0.1, 0.15) is 24.4 Å². The van der Waals surface area contributed by atoms with Crippen molar-refractivity contribution in [1.29, 1.82) is 0 Å². The van der Waals surface area contributed by atoms with Gasteiger partial charge in [0, 0.05) is 19.5 Å². The molecule has 28 heavy (non-hydrogen) atoms. The molecule has 160 valence electrons. The molecule has 0 aromatic carbocycles. The molecule has 0 saturated heterocycles. The van der Waals surface area contributed by atoms with Crippen molar-refractivity contribution in [2.24, 2.45) is 0 Å². The maximum absolute atomic E-state index is 10.5. The monoisotopic (exact) mass is 514 g/mol. The zero-order valence-corrected chi connectivity index (χ0v) is 17.5. The number of aliphatic carboxylic acids is 1. The minimum Gasteiger partial charge on any atom is 0 e. The summed E-state index contributed by atoms with van der Waals surface area (Å²) >= 11 is 0. The number of ether oxygens (including phenoxy) is 1. The Morgan fingerprint density at radius 3 is 1.75 bits per heavy atom. The molecule has 6 atom stereocenters. The van der Waals surface area contributed by atoms with Gasteiger partial charge < -0.3 is 55.8 Å². The summed E-state index contributed by atoms with van der Waals surface area (Å²) in [4.78, 5) is 20.6. The summed E-state index contributed by atoms with van der Waals surface area (Å²) in [6.45, 7) is -1.51. The number of carbonyl (C=O) groups excluding carboxylic acids is 1. The molecule has 0 aromatic rings.